The van der Waals surface area contributed by atoms with Crippen LogP contribution in [0.3, 0.4) is 0 Å². The standard InChI is InChI=1S/C24H28N4O3S/c1-17(23(29)25-18-8-6-7-9-18)32-24-27-26-22(28(24)19-10-4-3-5-11-19)16-31-21-14-12-20(30-2)13-15-21/h3-5,10-15,17-18H,6-9,16H2,1-2H3,(H,25,29). The van der Waals surface area contributed by atoms with Crippen molar-refractivity contribution in [1.29, 1.82) is 0 Å². The molecule has 3 aromatic rings. The van der Waals surface area contributed by atoms with Gasteiger partial charge in [-0.1, -0.05) is 42.8 Å². The minimum atomic E-state index is -0.280. The van der Waals surface area contributed by atoms with Crippen LogP contribution in [0.15, 0.2) is 59.8 Å². The third-order valence-corrected chi connectivity index (χ3v) is 6.54. The Morgan fingerprint density at radius 1 is 1.09 bits per heavy atom. The Bertz CT molecular complexity index is 1020. The predicted octanol–water partition coefficient (Wildman–Crippen LogP) is 4.39. The summed E-state index contributed by atoms with van der Waals surface area (Å²) in [6.07, 6.45) is 4.51. The van der Waals surface area contributed by atoms with Gasteiger partial charge in [0.1, 0.15) is 18.1 Å². The number of aromatic nitrogens is 3. The van der Waals surface area contributed by atoms with E-state index in [0.29, 0.717) is 22.8 Å². The molecule has 0 bridgehead atoms. The molecule has 32 heavy (non-hydrogen) atoms. The second-order valence-corrected chi connectivity index (χ2v) is 9.09. The number of benzene rings is 2. The molecule has 1 amide bonds. The van der Waals surface area contributed by atoms with E-state index < -0.39 is 0 Å². The number of carbonyl (C=O) groups excluding carboxylic acids is 1. The number of hydrogen-bond donors (Lipinski definition) is 1. The summed E-state index contributed by atoms with van der Waals surface area (Å²) in [4.78, 5) is 12.7. The lowest BCUT2D eigenvalue weighted by atomic mass is 10.2. The van der Waals surface area contributed by atoms with Crippen LogP contribution in [0.2, 0.25) is 0 Å². The van der Waals surface area contributed by atoms with Gasteiger partial charge >= 0.3 is 0 Å². The molecule has 1 aliphatic rings. The zero-order valence-corrected chi connectivity index (χ0v) is 19.2. The van der Waals surface area contributed by atoms with Crippen LogP contribution >= 0.6 is 11.8 Å². The number of nitrogens with zero attached hydrogens (tertiary/aromatic N) is 3. The third kappa shape index (κ3) is 5.43. The van der Waals surface area contributed by atoms with Crippen molar-refractivity contribution < 1.29 is 14.3 Å². The second kappa shape index (κ2) is 10.5. The molecule has 1 unspecified atom stereocenters. The first-order chi connectivity index (χ1) is 15.6. The minimum absolute atomic E-state index is 0.0422. The first-order valence-electron chi connectivity index (χ1n) is 10.9. The zero-order valence-electron chi connectivity index (χ0n) is 18.4. The first kappa shape index (κ1) is 22.2. The molecule has 2 aromatic carbocycles. The summed E-state index contributed by atoms with van der Waals surface area (Å²) in [6.45, 7) is 2.16. The van der Waals surface area contributed by atoms with E-state index in [2.05, 4.69) is 15.5 Å². The molecule has 1 fully saturated rings. The zero-order chi connectivity index (χ0) is 22.3. The van der Waals surface area contributed by atoms with Gasteiger partial charge in [0.05, 0.1) is 12.4 Å². The van der Waals surface area contributed by atoms with Crippen molar-refractivity contribution >= 4 is 17.7 Å². The average molecular weight is 453 g/mol. The molecule has 0 radical (unpaired) electrons. The lowest BCUT2D eigenvalue weighted by molar-refractivity contribution is -0.120. The number of methoxy groups -OCH3 is 1. The number of hydrogen-bond acceptors (Lipinski definition) is 6. The van der Waals surface area contributed by atoms with Gasteiger partial charge in [-0.15, -0.1) is 10.2 Å². The van der Waals surface area contributed by atoms with Crippen molar-refractivity contribution in [2.45, 2.75) is 55.7 Å². The molecule has 0 spiro atoms. The van der Waals surface area contributed by atoms with E-state index in [-0.39, 0.29) is 17.8 Å². The highest BCUT2D eigenvalue weighted by molar-refractivity contribution is 8.00. The number of amides is 1. The van der Waals surface area contributed by atoms with E-state index in [4.69, 9.17) is 9.47 Å². The highest BCUT2D eigenvalue weighted by atomic mass is 32.2. The highest BCUT2D eigenvalue weighted by Gasteiger charge is 2.24. The molecule has 1 atom stereocenters. The average Bonchev–Trinajstić information content (AvgIpc) is 3.48. The summed E-state index contributed by atoms with van der Waals surface area (Å²) in [5.74, 6) is 2.19. The lowest BCUT2D eigenvalue weighted by Crippen LogP contribution is -2.37. The van der Waals surface area contributed by atoms with Crippen LogP contribution in [0.1, 0.15) is 38.4 Å². The number of thioether (sulfide) groups is 1. The fraction of sp³-hybridized carbons (Fsp3) is 0.375. The topological polar surface area (TPSA) is 78.3 Å². The molecule has 1 saturated carbocycles. The first-order valence-corrected chi connectivity index (χ1v) is 11.8. The molecule has 7 nitrogen and oxygen atoms in total. The highest BCUT2D eigenvalue weighted by Crippen LogP contribution is 2.27. The largest absolute Gasteiger partial charge is 0.497 e. The molecule has 1 aromatic heterocycles. The normalized spacial score (nSPS) is 14.8. The summed E-state index contributed by atoms with van der Waals surface area (Å²) in [5, 5.41) is 12.3. The van der Waals surface area contributed by atoms with Gasteiger partial charge in [-0.05, 0) is 56.2 Å². The van der Waals surface area contributed by atoms with Crippen LogP contribution in [-0.2, 0) is 11.4 Å². The maximum absolute atomic E-state index is 12.7. The Kier molecular flexibility index (Phi) is 7.32. The molecular formula is C24H28N4O3S. The lowest BCUT2D eigenvalue weighted by Gasteiger charge is -2.17. The monoisotopic (exact) mass is 452 g/mol. The van der Waals surface area contributed by atoms with E-state index >= 15 is 0 Å². The molecule has 0 aliphatic heterocycles. The van der Waals surface area contributed by atoms with Crippen molar-refractivity contribution in [2.24, 2.45) is 0 Å². The minimum Gasteiger partial charge on any atom is -0.497 e. The summed E-state index contributed by atoms with van der Waals surface area (Å²) < 4.78 is 13.1. The molecule has 168 valence electrons. The predicted molar refractivity (Wildman–Crippen MR) is 124 cm³/mol. The third-order valence-electron chi connectivity index (χ3n) is 5.50. The van der Waals surface area contributed by atoms with E-state index in [0.717, 1.165) is 24.3 Å². The Morgan fingerprint density at radius 2 is 1.78 bits per heavy atom. The molecule has 4 rings (SSSR count). The van der Waals surface area contributed by atoms with Crippen LogP contribution in [-0.4, -0.2) is 39.1 Å². The fourth-order valence-electron chi connectivity index (χ4n) is 3.73. The summed E-state index contributed by atoms with van der Waals surface area (Å²) in [6, 6.07) is 17.6. The Morgan fingerprint density at radius 3 is 2.47 bits per heavy atom. The van der Waals surface area contributed by atoms with E-state index in [1.54, 1.807) is 7.11 Å². The SMILES string of the molecule is COc1ccc(OCc2nnc(SC(C)C(=O)NC3CCCC3)n2-c2ccccc2)cc1. The molecular weight excluding hydrogens is 424 g/mol. The molecule has 1 aliphatic carbocycles. The molecule has 0 saturated heterocycles. The van der Waals surface area contributed by atoms with Gasteiger partial charge in [0.25, 0.3) is 0 Å². The Hall–Kier alpha value is -3.00. The number of rotatable bonds is 9. The van der Waals surface area contributed by atoms with Gasteiger partial charge in [0.2, 0.25) is 5.91 Å². The maximum atomic E-state index is 12.7. The maximum Gasteiger partial charge on any atom is 0.233 e. The van der Waals surface area contributed by atoms with Crippen LogP contribution in [0.25, 0.3) is 5.69 Å². The molecule has 1 heterocycles. The van der Waals surface area contributed by atoms with Crippen molar-refractivity contribution in [3.05, 3.63) is 60.4 Å². The smallest absolute Gasteiger partial charge is 0.233 e. The summed E-state index contributed by atoms with van der Waals surface area (Å²) >= 11 is 1.41. The number of ether oxygens (including phenoxy) is 2. The second-order valence-electron chi connectivity index (χ2n) is 7.78. The van der Waals surface area contributed by atoms with Crippen LogP contribution in [0.5, 0.6) is 11.5 Å². The van der Waals surface area contributed by atoms with E-state index in [9.17, 15) is 4.79 Å². The van der Waals surface area contributed by atoms with Crippen molar-refractivity contribution in [3.63, 3.8) is 0 Å². The summed E-state index contributed by atoms with van der Waals surface area (Å²) in [5.41, 5.74) is 0.928. The quantitative estimate of drug-likeness (QED) is 0.485. The van der Waals surface area contributed by atoms with Gasteiger partial charge in [-0.3, -0.25) is 9.36 Å². The van der Waals surface area contributed by atoms with Crippen LogP contribution in [0, 0.1) is 0 Å². The Balaban J connectivity index is 1.50. The Labute approximate surface area is 192 Å². The van der Waals surface area contributed by atoms with Crippen LogP contribution in [0.4, 0.5) is 0 Å². The van der Waals surface area contributed by atoms with Gasteiger partial charge in [-0.25, -0.2) is 0 Å². The van der Waals surface area contributed by atoms with Crippen molar-refractivity contribution in [2.75, 3.05) is 7.11 Å². The number of carbonyl (C=O) groups is 1. The fourth-order valence-corrected chi connectivity index (χ4v) is 4.62. The van der Waals surface area contributed by atoms with Crippen LogP contribution < -0.4 is 14.8 Å². The van der Waals surface area contributed by atoms with Crippen molar-refractivity contribution in [3.8, 4) is 17.2 Å². The van der Waals surface area contributed by atoms with Gasteiger partial charge in [-0.2, -0.15) is 0 Å². The number of para-hydroxylation sites is 1. The number of nitrogens with one attached hydrogen (secondary N) is 1. The van der Waals surface area contributed by atoms with E-state index in [1.807, 2.05) is 66.1 Å². The molecule has 8 heteroatoms. The summed E-state index contributed by atoms with van der Waals surface area (Å²) in [7, 11) is 1.63. The van der Waals surface area contributed by atoms with E-state index in [1.165, 1.54) is 24.6 Å². The van der Waals surface area contributed by atoms with Crippen molar-refractivity contribution in [1.82, 2.24) is 20.1 Å². The van der Waals surface area contributed by atoms with Gasteiger partial charge < -0.3 is 14.8 Å². The van der Waals surface area contributed by atoms with Gasteiger partial charge in [0.15, 0.2) is 11.0 Å². The van der Waals surface area contributed by atoms with Gasteiger partial charge in [0, 0.05) is 11.7 Å². The molecule has 1 N–H and O–H groups in total.